The molecule has 0 saturated heterocycles. The molecule has 34 heavy (non-hydrogen) atoms. The third-order valence-electron chi connectivity index (χ3n) is 10.1. The lowest BCUT2D eigenvalue weighted by Gasteiger charge is -2.61. The van der Waals surface area contributed by atoms with Gasteiger partial charge in [0.1, 0.15) is 5.60 Å². The first kappa shape index (κ1) is 23.7. The predicted octanol–water partition coefficient (Wildman–Crippen LogP) is 6.27. The maximum Gasteiger partial charge on any atom is 0.155 e. The summed E-state index contributed by atoms with van der Waals surface area (Å²) in [4.78, 5) is 12.3. The fraction of sp³-hybridized carbons (Fsp3) is 0.645. The Kier molecular flexibility index (Phi) is 5.38. The predicted molar refractivity (Wildman–Crippen MR) is 138 cm³/mol. The van der Waals surface area contributed by atoms with Crippen molar-refractivity contribution in [3.63, 3.8) is 0 Å². The van der Waals surface area contributed by atoms with E-state index in [1.54, 1.807) is 0 Å². The standard InChI is InChI=1S/C31H41NO2/c1-28(2,3)16-17-31(34)15-13-26-24-11-8-21-18-23(33)12-14-29(21,4)27(24)25(19-30(26,31)5)20-6-9-22(32)10-7-20/h6-7,9-10,18,24-27,34H,8,11-15,19,32H2,1-5H3/t24-,25+,26-,27+,29-,30-,31+/m0/s1. The SMILES string of the molecule is CC(C)(C)C#C[C@]1(O)CC[C@H]2[C@@H]3CCC4=CC(=O)CC[C@]4(C)[C@H]3[C@@H](c3ccc(N)cc3)C[C@@]21C. The molecule has 0 bridgehead atoms. The maximum atomic E-state index is 12.3. The fourth-order valence-electron chi connectivity index (χ4n) is 8.31. The van der Waals surface area contributed by atoms with Gasteiger partial charge in [-0.2, -0.15) is 0 Å². The van der Waals surface area contributed by atoms with Crippen molar-refractivity contribution in [2.24, 2.45) is 34.0 Å². The number of hydrogen-bond donors (Lipinski definition) is 2. The number of carbonyl (C=O) groups excluding carboxylic acids is 1. The van der Waals surface area contributed by atoms with Crippen molar-refractivity contribution in [2.75, 3.05) is 5.73 Å². The normalized spacial score (nSPS) is 41.5. The van der Waals surface area contributed by atoms with Crippen LogP contribution in [0.5, 0.6) is 0 Å². The molecule has 0 radical (unpaired) electrons. The van der Waals surface area contributed by atoms with Gasteiger partial charge in [0.2, 0.25) is 0 Å². The summed E-state index contributed by atoms with van der Waals surface area (Å²) < 4.78 is 0. The lowest BCUT2D eigenvalue weighted by molar-refractivity contribution is -0.122. The third kappa shape index (κ3) is 3.56. The van der Waals surface area contributed by atoms with Crippen LogP contribution >= 0.6 is 0 Å². The molecule has 0 unspecified atom stereocenters. The molecule has 4 aliphatic rings. The smallest absolute Gasteiger partial charge is 0.155 e. The minimum absolute atomic E-state index is 0.0437. The molecule has 182 valence electrons. The van der Waals surface area contributed by atoms with Gasteiger partial charge in [0.05, 0.1) is 0 Å². The quantitative estimate of drug-likeness (QED) is 0.384. The Balaban J connectivity index is 1.64. The zero-order valence-corrected chi connectivity index (χ0v) is 21.6. The van der Waals surface area contributed by atoms with Crippen molar-refractivity contribution in [1.82, 2.24) is 0 Å². The van der Waals surface area contributed by atoms with Crippen LogP contribution in [-0.2, 0) is 4.79 Å². The monoisotopic (exact) mass is 459 g/mol. The van der Waals surface area contributed by atoms with Crippen LogP contribution in [0.15, 0.2) is 35.9 Å². The van der Waals surface area contributed by atoms with Gasteiger partial charge in [-0.15, -0.1) is 0 Å². The Morgan fingerprint density at radius 1 is 1.06 bits per heavy atom. The summed E-state index contributed by atoms with van der Waals surface area (Å²) in [5.41, 5.74) is 8.24. The Labute approximate surface area is 205 Å². The average molecular weight is 460 g/mol. The number of rotatable bonds is 1. The molecule has 4 aliphatic carbocycles. The third-order valence-corrected chi connectivity index (χ3v) is 10.1. The fourth-order valence-corrected chi connectivity index (χ4v) is 8.31. The van der Waals surface area contributed by atoms with Gasteiger partial charge in [0.15, 0.2) is 5.78 Å². The van der Waals surface area contributed by atoms with Gasteiger partial charge in [-0.1, -0.05) is 43.4 Å². The molecule has 0 aliphatic heterocycles. The first-order valence-electron chi connectivity index (χ1n) is 13.2. The summed E-state index contributed by atoms with van der Waals surface area (Å²) in [5.74, 6) is 8.87. The molecule has 0 aromatic heterocycles. The van der Waals surface area contributed by atoms with E-state index in [4.69, 9.17) is 5.73 Å². The van der Waals surface area contributed by atoms with Gasteiger partial charge in [0.25, 0.3) is 0 Å². The van der Waals surface area contributed by atoms with Crippen LogP contribution in [0.2, 0.25) is 0 Å². The van der Waals surface area contributed by atoms with Gasteiger partial charge in [-0.05, 0) is 112 Å². The molecule has 3 saturated carbocycles. The zero-order chi connectivity index (χ0) is 24.5. The van der Waals surface area contributed by atoms with Crippen molar-refractivity contribution in [3.05, 3.63) is 41.5 Å². The van der Waals surface area contributed by atoms with Crippen molar-refractivity contribution >= 4 is 11.5 Å². The summed E-state index contributed by atoms with van der Waals surface area (Å²) in [6.45, 7) is 11.1. The number of benzene rings is 1. The van der Waals surface area contributed by atoms with E-state index in [0.29, 0.717) is 35.9 Å². The number of nitrogen functional groups attached to an aromatic ring is 1. The first-order valence-corrected chi connectivity index (χ1v) is 13.2. The van der Waals surface area contributed by atoms with Crippen LogP contribution < -0.4 is 5.73 Å². The molecule has 1 aromatic carbocycles. The van der Waals surface area contributed by atoms with Gasteiger partial charge in [0, 0.05) is 22.9 Å². The van der Waals surface area contributed by atoms with E-state index in [1.165, 1.54) is 11.1 Å². The number of allylic oxidation sites excluding steroid dienone is 1. The number of anilines is 1. The number of ketones is 1. The highest BCUT2D eigenvalue weighted by Crippen LogP contribution is 2.70. The molecule has 0 heterocycles. The largest absolute Gasteiger partial charge is 0.399 e. The van der Waals surface area contributed by atoms with Crippen LogP contribution in [0, 0.1) is 45.8 Å². The lowest BCUT2D eigenvalue weighted by Crippen LogP contribution is -2.57. The Morgan fingerprint density at radius 3 is 2.44 bits per heavy atom. The van der Waals surface area contributed by atoms with E-state index in [9.17, 15) is 9.90 Å². The zero-order valence-electron chi connectivity index (χ0n) is 21.6. The molecule has 5 rings (SSSR count). The molecule has 0 spiro atoms. The summed E-state index contributed by atoms with van der Waals surface area (Å²) in [5, 5.41) is 12.1. The van der Waals surface area contributed by atoms with E-state index in [0.717, 1.165) is 44.2 Å². The number of fused-ring (bicyclic) bond motifs is 5. The van der Waals surface area contributed by atoms with Crippen molar-refractivity contribution < 1.29 is 9.90 Å². The molecule has 0 amide bonds. The first-order chi connectivity index (χ1) is 15.9. The van der Waals surface area contributed by atoms with Gasteiger partial charge < -0.3 is 10.8 Å². The van der Waals surface area contributed by atoms with Gasteiger partial charge in [-0.3, -0.25) is 4.79 Å². The van der Waals surface area contributed by atoms with Crippen LogP contribution in [0.4, 0.5) is 5.69 Å². The second-order valence-electron chi connectivity index (χ2n) is 13.2. The summed E-state index contributed by atoms with van der Waals surface area (Å²) >= 11 is 0. The highest BCUT2D eigenvalue weighted by atomic mass is 16.3. The number of nitrogens with two attached hydrogens (primary N) is 1. The molecule has 1 aromatic rings. The summed E-state index contributed by atoms with van der Waals surface area (Å²) in [6, 6.07) is 8.44. The topological polar surface area (TPSA) is 63.3 Å². The van der Waals surface area contributed by atoms with E-state index in [2.05, 4.69) is 58.6 Å². The molecule has 3 N–H and O–H groups in total. The Bertz CT molecular complexity index is 1080. The molecular weight excluding hydrogens is 418 g/mol. The molecule has 7 atom stereocenters. The second-order valence-corrected chi connectivity index (χ2v) is 13.2. The van der Waals surface area contributed by atoms with Gasteiger partial charge >= 0.3 is 0 Å². The van der Waals surface area contributed by atoms with Crippen LogP contribution in [0.3, 0.4) is 0 Å². The number of hydrogen-bond acceptors (Lipinski definition) is 3. The number of carbonyl (C=O) groups is 1. The van der Waals surface area contributed by atoms with E-state index in [1.807, 2.05) is 18.2 Å². The molecular formula is C31H41NO2. The summed E-state index contributed by atoms with van der Waals surface area (Å²) in [7, 11) is 0. The minimum Gasteiger partial charge on any atom is -0.399 e. The highest BCUT2D eigenvalue weighted by molar-refractivity contribution is 5.91. The molecule has 3 fully saturated rings. The molecule has 3 nitrogen and oxygen atoms in total. The van der Waals surface area contributed by atoms with E-state index < -0.39 is 5.60 Å². The van der Waals surface area contributed by atoms with Crippen molar-refractivity contribution in [1.29, 1.82) is 0 Å². The van der Waals surface area contributed by atoms with Crippen molar-refractivity contribution in [2.45, 2.75) is 91.1 Å². The molecule has 3 heteroatoms. The average Bonchev–Trinajstić information content (AvgIpc) is 3.03. The van der Waals surface area contributed by atoms with E-state index >= 15 is 0 Å². The minimum atomic E-state index is -0.957. The number of aliphatic hydroxyl groups is 1. The van der Waals surface area contributed by atoms with Crippen LogP contribution in [-0.4, -0.2) is 16.5 Å². The highest BCUT2D eigenvalue weighted by Gasteiger charge is 2.66. The van der Waals surface area contributed by atoms with Gasteiger partial charge in [-0.25, -0.2) is 0 Å². The maximum absolute atomic E-state index is 12.3. The Hall–Kier alpha value is -2.05. The van der Waals surface area contributed by atoms with Crippen LogP contribution in [0.1, 0.15) is 91.0 Å². The Morgan fingerprint density at radius 2 is 1.76 bits per heavy atom. The summed E-state index contributed by atoms with van der Waals surface area (Å²) in [6.07, 6.45) is 8.41. The van der Waals surface area contributed by atoms with Crippen molar-refractivity contribution in [3.8, 4) is 11.8 Å². The second kappa shape index (κ2) is 7.72. The van der Waals surface area contributed by atoms with Crippen LogP contribution in [0.25, 0.3) is 0 Å². The van der Waals surface area contributed by atoms with E-state index in [-0.39, 0.29) is 16.2 Å². The lowest BCUT2D eigenvalue weighted by atomic mass is 9.43.